The fraction of sp³-hybridized carbons (Fsp3) is 0.500. The highest BCUT2D eigenvalue weighted by molar-refractivity contribution is 6.39. The SMILES string of the molecule is CCC(F)(F)C1CCCN(c2cc3c(cc2Cl)nc(Nc2c(Cl)ccc(CNC(=O)C4CC(F)(F)C4)c2Cl)n3C)C1. The van der Waals surface area contributed by atoms with Gasteiger partial charge in [-0.25, -0.2) is 22.5 Å². The minimum atomic E-state index is -2.78. The molecule has 0 radical (unpaired) electrons. The molecule has 1 unspecified atom stereocenters. The van der Waals surface area contributed by atoms with Gasteiger partial charge < -0.3 is 20.1 Å². The smallest absolute Gasteiger partial charge is 0.252 e. The van der Waals surface area contributed by atoms with Crippen molar-refractivity contribution in [1.29, 1.82) is 0 Å². The average molecular weight is 635 g/mol. The molecular formula is C28H30Cl3F4N5O. The number of imidazole rings is 1. The van der Waals surface area contributed by atoms with Crippen LogP contribution in [0.15, 0.2) is 24.3 Å². The van der Waals surface area contributed by atoms with E-state index in [1.54, 1.807) is 29.8 Å². The summed E-state index contributed by atoms with van der Waals surface area (Å²) in [7, 11) is 1.79. The lowest BCUT2D eigenvalue weighted by molar-refractivity contribution is -0.150. The fourth-order valence-electron chi connectivity index (χ4n) is 5.52. The quantitative estimate of drug-likeness (QED) is 0.245. The summed E-state index contributed by atoms with van der Waals surface area (Å²) in [6.45, 7) is 2.39. The highest BCUT2D eigenvalue weighted by atomic mass is 35.5. The van der Waals surface area contributed by atoms with E-state index >= 15 is 0 Å². The molecule has 5 rings (SSSR count). The van der Waals surface area contributed by atoms with Crippen LogP contribution in [0.2, 0.25) is 15.1 Å². The highest BCUT2D eigenvalue weighted by Gasteiger charge is 2.48. The fourth-order valence-corrected chi connectivity index (χ4v) is 6.33. The number of piperidine rings is 1. The van der Waals surface area contributed by atoms with Gasteiger partial charge in [0.25, 0.3) is 5.92 Å². The summed E-state index contributed by atoms with van der Waals surface area (Å²) in [5, 5.41) is 6.80. The Bertz CT molecular complexity index is 1470. The molecule has 222 valence electrons. The number of anilines is 3. The lowest BCUT2D eigenvalue weighted by Crippen LogP contribution is -2.44. The standard InChI is InChI=1S/C28H30Cl3F4N5O/c1-3-28(34,35)17-5-4-8-40(14-17)21-10-22-20(9-19(21)30)37-26(39(22)2)38-24-18(29)7-6-15(23(24)31)13-36-25(41)16-11-27(32,33)12-16/h6-7,9-10,16-17H,3-5,8,11-14H2,1-2H3,(H,36,41)(H,37,38). The van der Waals surface area contributed by atoms with Gasteiger partial charge in [0.2, 0.25) is 17.8 Å². The number of carbonyl (C=O) groups is 1. The monoisotopic (exact) mass is 633 g/mol. The zero-order chi connectivity index (χ0) is 29.7. The summed E-state index contributed by atoms with van der Waals surface area (Å²) in [4.78, 5) is 18.8. The van der Waals surface area contributed by atoms with Crippen LogP contribution in [0, 0.1) is 11.8 Å². The molecule has 0 bridgehead atoms. The predicted octanol–water partition coefficient (Wildman–Crippen LogP) is 8.20. The minimum absolute atomic E-state index is 0.0427. The first-order valence-corrected chi connectivity index (χ1v) is 14.6. The molecule has 1 amide bonds. The third kappa shape index (κ3) is 6.06. The molecule has 2 aromatic carbocycles. The first-order chi connectivity index (χ1) is 19.3. The number of hydrogen-bond donors (Lipinski definition) is 2. The number of halogens is 7. The first-order valence-electron chi connectivity index (χ1n) is 13.5. The van der Waals surface area contributed by atoms with E-state index in [-0.39, 0.29) is 24.5 Å². The zero-order valence-corrected chi connectivity index (χ0v) is 24.8. The van der Waals surface area contributed by atoms with Gasteiger partial charge in [-0.1, -0.05) is 47.8 Å². The van der Waals surface area contributed by atoms with E-state index in [4.69, 9.17) is 34.8 Å². The van der Waals surface area contributed by atoms with Gasteiger partial charge in [-0.2, -0.15) is 0 Å². The summed E-state index contributed by atoms with van der Waals surface area (Å²) in [5.74, 6) is -7.02. The van der Waals surface area contributed by atoms with E-state index in [0.717, 1.165) is 5.52 Å². The van der Waals surface area contributed by atoms with Gasteiger partial charge in [-0.15, -0.1) is 0 Å². The lowest BCUT2D eigenvalue weighted by atomic mass is 9.81. The number of aromatic nitrogens is 2. The maximum atomic E-state index is 14.5. The Labute approximate surface area is 250 Å². The van der Waals surface area contributed by atoms with Crippen LogP contribution in [0.5, 0.6) is 0 Å². The van der Waals surface area contributed by atoms with Crippen LogP contribution in [-0.4, -0.2) is 40.4 Å². The molecule has 0 spiro atoms. The Morgan fingerprint density at radius 1 is 1.17 bits per heavy atom. The molecule has 2 N–H and O–H groups in total. The molecule has 2 heterocycles. The van der Waals surface area contributed by atoms with Crippen LogP contribution in [0.25, 0.3) is 11.0 Å². The molecule has 1 aliphatic carbocycles. The van der Waals surface area contributed by atoms with Crippen LogP contribution in [0.1, 0.15) is 44.6 Å². The molecule has 13 heteroatoms. The van der Waals surface area contributed by atoms with E-state index in [9.17, 15) is 22.4 Å². The summed E-state index contributed by atoms with van der Waals surface area (Å²) in [6, 6.07) is 6.82. The van der Waals surface area contributed by atoms with Crippen LogP contribution < -0.4 is 15.5 Å². The van der Waals surface area contributed by atoms with Crippen molar-refractivity contribution in [3.8, 4) is 0 Å². The van der Waals surface area contributed by atoms with Gasteiger partial charge in [0.05, 0.1) is 37.5 Å². The number of benzene rings is 2. The van der Waals surface area contributed by atoms with Gasteiger partial charge in [-0.05, 0) is 36.6 Å². The normalized spacial score (nSPS) is 19.3. The number of alkyl halides is 4. The molecule has 3 aromatic rings. The second-order valence-corrected chi connectivity index (χ2v) is 12.1. The molecule has 2 fully saturated rings. The number of hydrogen-bond acceptors (Lipinski definition) is 4. The maximum Gasteiger partial charge on any atom is 0.252 e. The Morgan fingerprint density at radius 3 is 2.59 bits per heavy atom. The zero-order valence-electron chi connectivity index (χ0n) is 22.5. The van der Waals surface area contributed by atoms with Crippen LogP contribution in [-0.2, 0) is 18.4 Å². The Kier molecular flexibility index (Phi) is 8.31. The number of rotatable bonds is 8. The van der Waals surface area contributed by atoms with E-state index in [0.29, 0.717) is 57.8 Å². The highest BCUT2D eigenvalue weighted by Crippen LogP contribution is 2.43. The second-order valence-electron chi connectivity index (χ2n) is 10.9. The number of carbonyl (C=O) groups excluding carboxylic acids is 1. The van der Waals surface area contributed by atoms with Crippen molar-refractivity contribution in [2.75, 3.05) is 23.3 Å². The summed E-state index contributed by atoms with van der Waals surface area (Å²) >= 11 is 19.7. The van der Waals surface area contributed by atoms with Crippen molar-refractivity contribution in [3.63, 3.8) is 0 Å². The van der Waals surface area contributed by atoms with Gasteiger partial charge in [0.1, 0.15) is 0 Å². The van der Waals surface area contributed by atoms with Gasteiger partial charge >= 0.3 is 0 Å². The predicted molar refractivity (Wildman–Crippen MR) is 155 cm³/mol. The number of fused-ring (bicyclic) bond motifs is 1. The molecule has 1 saturated carbocycles. The van der Waals surface area contributed by atoms with Crippen molar-refractivity contribution in [2.45, 2.75) is 57.4 Å². The van der Waals surface area contributed by atoms with Crippen LogP contribution >= 0.6 is 34.8 Å². The van der Waals surface area contributed by atoms with Gasteiger partial charge in [-0.3, -0.25) is 4.79 Å². The average Bonchev–Trinajstić information content (AvgIpc) is 3.22. The Morgan fingerprint density at radius 2 is 1.90 bits per heavy atom. The summed E-state index contributed by atoms with van der Waals surface area (Å²) < 4.78 is 57.0. The van der Waals surface area contributed by atoms with Crippen molar-refractivity contribution in [3.05, 3.63) is 44.9 Å². The Balaban J connectivity index is 1.36. The maximum absolute atomic E-state index is 14.5. The summed E-state index contributed by atoms with van der Waals surface area (Å²) in [6.07, 6.45) is 0.00264. The van der Waals surface area contributed by atoms with Crippen molar-refractivity contribution >= 4 is 69.1 Å². The molecule has 41 heavy (non-hydrogen) atoms. The second kappa shape index (κ2) is 11.3. The number of nitrogens with zero attached hydrogens (tertiary/aromatic N) is 3. The molecular weight excluding hydrogens is 605 g/mol. The molecule has 2 aliphatic rings. The summed E-state index contributed by atoms with van der Waals surface area (Å²) in [5.41, 5.74) is 2.89. The van der Waals surface area contributed by atoms with Crippen molar-refractivity contribution in [2.24, 2.45) is 18.9 Å². The third-order valence-electron chi connectivity index (χ3n) is 8.10. The topological polar surface area (TPSA) is 62.2 Å². The van der Waals surface area contributed by atoms with Gasteiger partial charge in [0.15, 0.2) is 0 Å². The van der Waals surface area contributed by atoms with E-state index in [2.05, 4.69) is 15.6 Å². The van der Waals surface area contributed by atoms with E-state index in [1.165, 1.54) is 6.92 Å². The van der Waals surface area contributed by atoms with Crippen molar-refractivity contribution in [1.82, 2.24) is 14.9 Å². The van der Waals surface area contributed by atoms with Crippen molar-refractivity contribution < 1.29 is 22.4 Å². The van der Waals surface area contributed by atoms with Crippen LogP contribution in [0.3, 0.4) is 0 Å². The number of nitrogens with one attached hydrogen (secondary N) is 2. The van der Waals surface area contributed by atoms with Gasteiger partial charge in [0, 0.05) is 57.8 Å². The first kappa shape index (κ1) is 30.0. The molecule has 1 aromatic heterocycles. The largest absolute Gasteiger partial charge is 0.370 e. The minimum Gasteiger partial charge on any atom is -0.370 e. The molecule has 1 saturated heterocycles. The Hall–Kier alpha value is -2.43. The van der Waals surface area contributed by atoms with E-state index in [1.807, 2.05) is 11.0 Å². The number of amides is 1. The molecule has 1 aliphatic heterocycles. The lowest BCUT2D eigenvalue weighted by Gasteiger charge is -2.38. The molecule has 6 nitrogen and oxygen atoms in total. The molecule has 1 atom stereocenters. The van der Waals surface area contributed by atoms with E-state index < -0.39 is 42.4 Å². The number of aryl methyl sites for hydroxylation is 1. The van der Waals surface area contributed by atoms with Crippen LogP contribution in [0.4, 0.5) is 34.9 Å². The third-order valence-corrected chi connectivity index (χ3v) is 9.15.